The van der Waals surface area contributed by atoms with Crippen molar-refractivity contribution >= 4 is 41.3 Å². The first kappa shape index (κ1) is 33.8. The summed E-state index contributed by atoms with van der Waals surface area (Å²) in [5.41, 5.74) is -2.70. The second kappa shape index (κ2) is 11.8. The fourth-order valence-electron chi connectivity index (χ4n) is 6.15. The number of aryl methyl sites for hydroxylation is 1. The molecule has 0 radical (unpaired) electrons. The molecule has 13 heteroatoms. The van der Waals surface area contributed by atoms with E-state index in [1.165, 1.54) is 26.1 Å². The highest BCUT2D eigenvalue weighted by Crippen LogP contribution is 2.48. The molecule has 0 N–H and O–H groups in total. The van der Waals surface area contributed by atoms with Gasteiger partial charge in [0.15, 0.2) is 5.75 Å². The first-order chi connectivity index (χ1) is 23.4. The molecule has 0 bridgehead atoms. The van der Waals surface area contributed by atoms with Crippen LogP contribution in [0.25, 0.3) is 11.1 Å². The van der Waals surface area contributed by atoms with Crippen LogP contribution < -0.4 is 14.4 Å². The number of rotatable bonds is 6. The Kier molecular flexibility index (Phi) is 7.97. The number of hydrogen-bond donors (Lipinski definition) is 0. The quantitative estimate of drug-likeness (QED) is 0.130. The number of imide groups is 2. The van der Waals surface area contributed by atoms with E-state index in [1.54, 1.807) is 31.2 Å². The van der Waals surface area contributed by atoms with Crippen LogP contribution in [0.4, 0.5) is 18.9 Å². The standard InChI is InChI=1S/C37H27F3N2O8/c1-18-14-21(6-12-30(18)49-19(2)43)22-7-13-31(50-20(3)44)29(15-22)42-34(47)26-11-9-24(17-28(26)35(42)48)36(4,37(38,39)40)23-8-10-25-27(16-23)33(46)41(5)32(25)45/h6-17H,1-5H3. The molecule has 6 rings (SSSR count). The van der Waals surface area contributed by atoms with Gasteiger partial charge in [-0.15, -0.1) is 0 Å². The summed E-state index contributed by atoms with van der Waals surface area (Å²) in [6.07, 6.45) is -4.96. The summed E-state index contributed by atoms with van der Waals surface area (Å²) in [5, 5.41) is 0. The Hall–Kier alpha value is -6.11. The number of alkyl halides is 3. The summed E-state index contributed by atoms with van der Waals surface area (Å²) in [5.74, 6) is -4.28. The summed E-state index contributed by atoms with van der Waals surface area (Å²) in [6, 6.07) is 15.8. The normalized spacial score (nSPS) is 15.2. The third-order valence-electron chi connectivity index (χ3n) is 8.91. The SMILES string of the molecule is CC(=O)Oc1ccc(-c2ccc(OC(C)=O)c(N3C(=O)c4ccc(C(C)(c5ccc6c(c5)C(=O)N(C)C6=O)C(F)(F)F)cc4C3=O)c2)cc1C. The Morgan fingerprint density at radius 1 is 0.620 bits per heavy atom. The molecule has 254 valence electrons. The van der Waals surface area contributed by atoms with Gasteiger partial charge in [0.1, 0.15) is 11.2 Å². The van der Waals surface area contributed by atoms with Crippen LogP contribution in [0.2, 0.25) is 0 Å². The van der Waals surface area contributed by atoms with Crippen LogP contribution in [0.1, 0.15) is 78.9 Å². The fraction of sp³-hybridized carbons (Fsp3) is 0.189. The topological polar surface area (TPSA) is 127 Å². The molecule has 2 heterocycles. The van der Waals surface area contributed by atoms with Gasteiger partial charge in [-0.1, -0.05) is 24.3 Å². The molecule has 50 heavy (non-hydrogen) atoms. The van der Waals surface area contributed by atoms with Crippen LogP contribution in [0, 0.1) is 6.92 Å². The number of esters is 2. The lowest BCUT2D eigenvalue weighted by Crippen LogP contribution is -2.41. The average molecular weight is 685 g/mol. The van der Waals surface area contributed by atoms with Crippen molar-refractivity contribution in [3.63, 3.8) is 0 Å². The molecule has 0 spiro atoms. The van der Waals surface area contributed by atoms with Crippen LogP contribution in [0.15, 0.2) is 72.8 Å². The van der Waals surface area contributed by atoms with Crippen molar-refractivity contribution in [2.45, 2.75) is 39.3 Å². The van der Waals surface area contributed by atoms with Gasteiger partial charge < -0.3 is 9.47 Å². The largest absolute Gasteiger partial charge is 0.426 e. The molecule has 10 nitrogen and oxygen atoms in total. The number of carbonyl (C=O) groups excluding carboxylic acids is 6. The molecule has 0 aromatic heterocycles. The summed E-state index contributed by atoms with van der Waals surface area (Å²) in [7, 11) is 1.23. The predicted octanol–water partition coefficient (Wildman–Crippen LogP) is 6.41. The monoisotopic (exact) mass is 684 g/mol. The number of anilines is 1. The van der Waals surface area contributed by atoms with E-state index < -0.39 is 52.7 Å². The van der Waals surface area contributed by atoms with E-state index in [1.807, 2.05) is 0 Å². The molecular weight excluding hydrogens is 657 g/mol. The van der Waals surface area contributed by atoms with E-state index in [0.29, 0.717) is 22.4 Å². The van der Waals surface area contributed by atoms with Gasteiger partial charge in [-0.3, -0.25) is 33.7 Å². The lowest BCUT2D eigenvalue weighted by atomic mass is 9.74. The van der Waals surface area contributed by atoms with Gasteiger partial charge in [0.05, 0.1) is 27.9 Å². The summed E-state index contributed by atoms with van der Waals surface area (Å²) in [6.45, 7) is 4.99. The van der Waals surface area contributed by atoms with Crippen molar-refractivity contribution in [1.29, 1.82) is 0 Å². The number of carbonyl (C=O) groups is 6. The van der Waals surface area contributed by atoms with E-state index >= 15 is 13.2 Å². The van der Waals surface area contributed by atoms with Crippen LogP contribution in [0.3, 0.4) is 0 Å². The minimum atomic E-state index is -4.96. The van der Waals surface area contributed by atoms with Gasteiger partial charge in [0, 0.05) is 20.9 Å². The third-order valence-corrected chi connectivity index (χ3v) is 8.91. The van der Waals surface area contributed by atoms with Crippen LogP contribution >= 0.6 is 0 Å². The minimum absolute atomic E-state index is 0.0301. The van der Waals surface area contributed by atoms with E-state index in [-0.39, 0.29) is 39.3 Å². The second-order valence-electron chi connectivity index (χ2n) is 12.1. The van der Waals surface area contributed by atoms with Gasteiger partial charge >= 0.3 is 18.1 Å². The van der Waals surface area contributed by atoms with E-state index in [9.17, 15) is 28.8 Å². The van der Waals surface area contributed by atoms with Crippen LogP contribution in [-0.4, -0.2) is 53.7 Å². The van der Waals surface area contributed by atoms with E-state index in [2.05, 4.69) is 0 Å². The van der Waals surface area contributed by atoms with Crippen molar-refractivity contribution in [3.8, 4) is 22.6 Å². The summed E-state index contributed by atoms with van der Waals surface area (Å²) >= 11 is 0. The Morgan fingerprint density at radius 3 is 1.62 bits per heavy atom. The Morgan fingerprint density at radius 2 is 1.08 bits per heavy atom. The maximum Gasteiger partial charge on any atom is 0.402 e. The molecule has 0 saturated heterocycles. The Labute approximate surface area is 283 Å². The molecule has 1 unspecified atom stereocenters. The maximum absolute atomic E-state index is 15.0. The van der Waals surface area contributed by atoms with Gasteiger partial charge in [-0.05, 0) is 90.2 Å². The van der Waals surface area contributed by atoms with Gasteiger partial charge in [-0.2, -0.15) is 13.2 Å². The molecule has 4 aromatic carbocycles. The van der Waals surface area contributed by atoms with Crippen molar-refractivity contribution < 1.29 is 51.4 Å². The first-order valence-corrected chi connectivity index (χ1v) is 15.1. The number of fused-ring (bicyclic) bond motifs is 2. The molecule has 2 aliphatic heterocycles. The molecule has 0 fully saturated rings. The minimum Gasteiger partial charge on any atom is -0.426 e. The van der Waals surface area contributed by atoms with Crippen molar-refractivity contribution in [3.05, 3.63) is 112 Å². The number of amides is 4. The lowest BCUT2D eigenvalue weighted by Gasteiger charge is -2.33. The second-order valence-corrected chi connectivity index (χ2v) is 12.1. The number of benzene rings is 4. The number of halogens is 3. The zero-order valence-corrected chi connectivity index (χ0v) is 27.2. The Bertz CT molecular complexity index is 2210. The number of hydrogen-bond acceptors (Lipinski definition) is 8. The van der Waals surface area contributed by atoms with Crippen molar-refractivity contribution in [1.82, 2.24) is 4.90 Å². The number of ether oxygens (including phenoxy) is 2. The molecule has 1 atom stereocenters. The fourth-order valence-corrected chi connectivity index (χ4v) is 6.15. The highest BCUT2D eigenvalue weighted by Gasteiger charge is 2.55. The first-order valence-electron chi connectivity index (χ1n) is 15.1. The molecular formula is C37H27F3N2O8. The number of nitrogens with zero attached hydrogens (tertiary/aromatic N) is 2. The van der Waals surface area contributed by atoms with E-state index in [4.69, 9.17) is 9.47 Å². The van der Waals surface area contributed by atoms with Crippen LogP contribution in [-0.2, 0) is 15.0 Å². The van der Waals surface area contributed by atoms with Crippen molar-refractivity contribution in [2.24, 2.45) is 0 Å². The zero-order chi connectivity index (χ0) is 36.4. The Balaban J connectivity index is 1.44. The zero-order valence-electron chi connectivity index (χ0n) is 27.2. The maximum atomic E-state index is 15.0. The van der Waals surface area contributed by atoms with E-state index in [0.717, 1.165) is 60.0 Å². The molecule has 0 aliphatic carbocycles. The average Bonchev–Trinajstić information content (AvgIpc) is 3.43. The van der Waals surface area contributed by atoms with Gasteiger partial charge in [0.25, 0.3) is 23.6 Å². The highest BCUT2D eigenvalue weighted by molar-refractivity contribution is 6.35. The smallest absolute Gasteiger partial charge is 0.402 e. The highest BCUT2D eigenvalue weighted by atomic mass is 19.4. The van der Waals surface area contributed by atoms with Gasteiger partial charge in [-0.25, -0.2) is 4.90 Å². The lowest BCUT2D eigenvalue weighted by molar-refractivity contribution is -0.173. The predicted molar refractivity (Wildman–Crippen MR) is 172 cm³/mol. The molecule has 2 aliphatic rings. The molecule has 4 amide bonds. The van der Waals surface area contributed by atoms with Crippen molar-refractivity contribution in [2.75, 3.05) is 11.9 Å². The third kappa shape index (κ3) is 5.31. The molecule has 4 aromatic rings. The van der Waals surface area contributed by atoms with Gasteiger partial charge in [0.2, 0.25) is 0 Å². The summed E-state index contributed by atoms with van der Waals surface area (Å²) in [4.78, 5) is 77.8. The van der Waals surface area contributed by atoms with Crippen LogP contribution in [0.5, 0.6) is 11.5 Å². The summed E-state index contributed by atoms with van der Waals surface area (Å²) < 4.78 is 55.6. The molecule has 0 saturated carbocycles.